The van der Waals surface area contributed by atoms with Crippen LogP contribution >= 0.6 is 11.6 Å². The van der Waals surface area contributed by atoms with E-state index in [9.17, 15) is 4.79 Å². The van der Waals surface area contributed by atoms with E-state index >= 15 is 0 Å². The van der Waals surface area contributed by atoms with Gasteiger partial charge in [0.1, 0.15) is 0 Å². The zero-order valence-corrected chi connectivity index (χ0v) is 12.6. The Kier molecular flexibility index (Phi) is 3.96. The Labute approximate surface area is 127 Å². The normalized spacial score (nSPS) is 14.4. The van der Waals surface area contributed by atoms with Crippen molar-refractivity contribution in [3.63, 3.8) is 0 Å². The van der Waals surface area contributed by atoms with Crippen molar-refractivity contribution in [2.75, 3.05) is 5.32 Å². The lowest BCUT2D eigenvalue weighted by molar-refractivity contribution is 0.102. The first kappa shape index (κ1) is 14.1. The van der Waals surface area contributed by atoms with Crippen LogP contribution in [0.4, 0.5) is 5.82 Å². The van der Waals surface area contributed by atoms with Crippen LogP contribution in [0.2, 0.25) is 5.02 Å². The van der Waals surface area contributed by atoms with Crippen LogP contribution in [0, 0.1) is 0 Å². The molecule has 0 unspecified atom stereocenters. The Morgan fingerprint density at radius 1 is 1.43 bits per heavy atom. The molecule has 6 nitrogen and oxygen atoms in total. The van der Waals surface area contributed by atoms with Gasteiger partial charge in [-0.05, 0) is 25.7 Å². The Hall–Kier alpha value is -1.82. The van der Waals surface area contributed by atoms with Gasteiger partial charge in [0, 0.05) is 17.7 Å². The van der Waals surface area contributed by atoms with E-state index in [0.717, 1.165) is 43.5 Å². The van der Waals surface area contributed by atoms with Crippen LogP contribution in [0.1, 0.15) is 60.4 Å². The van der Waals surface area contributed by atoms with Crippen LogP contribution in [-0.2, 0) is 6.42 Å². The maximum Gasteiger partial charge on any atom is 0.278 e. The first-order chi connectivity index (χ1) is 10.2. The number of amides is 1. The number of H-pyrrole nitrogens is 2. The second kappa shape index (κ2) is 5.89. The Morgan fingerprint density at radius 3 is 2.95 bits per heavy atom. The molecule has 1 amide bonds. The van der Waals surface area contributed by atoms with Gasteiger partial charge in [-0.2, -0.15) is 10.2 Å². The zero-order valence-electron chi connectivity index (χ0n) is 11.9. The fourth-order valence-electron chi connectivity index (χ4n) is 2.23. The highest BCUT2D eigenvalue weighted by Gasteiger charge is 2.30. The number of anilines is 1. The number of halogens is 1. The number of nitrogens with zero attached hydrogens (tertiary/aromatic N) is 2. The highest BCUT2D eigenvalue weighted by atomic mass is 35.5. The average Bonchev–Trinajstić information content (AvgIpc) is 3.09. The lowest BCUT2D eigenvalue weighted by Gasteiger charge is -1.98. The molecule has 0 aromatic carbocycles. The number of aromatic nitrogens is 4. The van der Waals surface area contributed by atoms with E-state index in [-0.39, 0.29) is 11.6 Å². The largest absolute Gasteiger partial charge is 0.304 e. The summed E-state index contributed by atoms with van der Waals surface area (Å²) in [6.45, 7) is 2.13. The molecule has 1 fully saturated rings. The molecule has 112 valence electrons. The third-order valence-electron chi connectivity index (χ3n) is 3.61. The molecule has 21 heavy (non-hydrogen) atoms. The Balaban J connectivity index is 1.67. The van der Waals surface area contributed by atoms with Gasteiger partial charge in [-0.1, -0.05) is 24.9 Å². The van der Waals surface area contributed by atoms with Crippen LogP contribution in [0.3, 0.4) is 0 Å². The van der Waals surface area contributed by atoms with E-state index in [1.807, 2.05) is 6.07 Å². The molecule has 2 aromatic rings. The van der Waals surface area contributed by atoms with Gasteiger partial charge in [-0.15, -0.1) is 0 Å². The molecule has 0 aliphatic heterocycles. The number of nitrogens with one attached hydrogen (secondary N) is 3. The second-order valence-corrected chi connectivity index (χ2v) is 5.79. The standard InChI is InChI=1S/C14H18ClN5O/c1-2-3-4-9-7-10(18-17-9)16-14(21)13-11(15)12(19-20-13)8-5-6-8/h7-8H,2-6H2,1H3,(H,19,20)(H2,16,17,18,21). The smallest absolute Gasteiger partial charge is 0.278 e. The molecule has 1 saturated carbocycles. The Morgan fingerprint density at radius 2 is 2.24 bits per heavy atom. The maximum absolute atomic E-state index is 12.2. The van der Waals surface area contributed by atoms with Crippen molar-refractivity contribution in [1.82, 2.24) is 20.4 Å². The third kappa shape index (κ3) is 3.10. The lowest BCUT2D eigenvalue weighted by atomic mass is 10.2. The van der Waals surface area contributed by atoms with Gasteiger partial charge < -0.3 is 5.32 Å². The number of carbonyl (C=O) groups is 1. The van der Waals surface area contributed by atoms with Crippen LogP contribution < -0.4 is 5.32 Å². The molecule has 0 bridgehead atoms. The number of aryl methyl sites for hydroxylation is 1. The highest BCUT2D eigenvalue weighted by Crippen LogP contribution is 2.42. The summed E-state index contributed by atoms with van der Waals surface area (Å²) in [5.74, 6) is 0.590. The first-order valence-corrected chi connectivity index (χ1v) is 7.66. The number of hydrogen-bond acceptors (Lipinski definition) is 3. The van der Waals surface area contributed by atoms with Gasteiger partial charge >= 0.3 is 0 Å². The summed E-state index contributed by atoms with van der Waals surface area (Å²) in [5.41, 5.74) is 2.11. The quantitative estimate of drug-likeness (QED) is 0.765. The van der Waals surface area contributed by atoms with Gasteiger partial charge in [-0.3, -0.25) is 15.0 Å². The van der Waals surface area contributed by atoms with Crippen LogP contribution in [0.5, 0.6) is 0 Å². The minimum absolute atomic E-state index is 0.233. The predicted molar refractivity (Wildman–Crippen MR) is 80.7 cm³/mol. The summed E-state index contributed by atoms with van der Waals surface area (Å²) < 4.78 is 0. The second-order valence-electron chi connectivity index (χ2n) is 5.41. The molecule has 2 heterocycles. The van der Waals surface area contributed by atoms with Crippen molar-refractivity contribution in [1.29, 1.82) is 0 Å². The number of aromatic amines is 2. The molecule has 0 saturated heterocycles. The average molecular weight is 308 g/mol. The predicted octanol–water partition coefficient (Wildman–Crippen LogP) is 3.26. The Bertz CT molecular complexity index is 644. The van der Waals surface area contributed by atoms with E-state index in [1.165, 1.54) is 0 Å². The summed E-state index contributed by atoms with van der Waals surface area (Å²) in [7, 11) is 0. The van der Waals surface area contributed by atoms with Gasteiger partial charge in [0.25, 0.3) is 5.91 Å². The van der Waals surface area contributed by atoms with E-state index in [2.05, 4.69) is 32.6 Å². The molecular formula is C14H18ClN5O. The van der Waals surface area contributed by atoms with Crippen molar-refractivity contribution in [2.24, 2.45) is 0 Å². The first-order valence-electron chi connectivity index (χ1n) is 7.28. The molecule has 0 atom stereocenters. The summed E-state index contributed by atoms with van der Waals surface area (Å²) in [6.07, 6.45) is 5.33. The molecule has 7 heteroatoms. The highest BCUT2D eigenvalue weighted by molar-refractivity contribution is 6.34. The molecule has 3 N–H and O–H groups in total. The molecule has 0 radical (unpaired) electrons. The maximum atomic E-state index is 12.2. The van der Waals surface area contributed by atoms with E-state index in [1.54, 1.807) is 0 Å². The van der Waals surface area contributed by atoms with Gasteiger partial charge in [-0.25, -0.2) is 0 Å². The van der Waals surface area contributed by atoms with Crippen LogP contribution in [-0.4, -0.2) is 26.3 Å². The molecule has 1 aliphatic carbocycles. The summed E-state index contributed by atoms with van der Waals surface area (Å²) in [4.78, 5) is 12.2. The van der Waals surface area contributed by atoms with Crippen molar-refractivity contribution >= 4 is 23.3 Å². The van der Waals surface area contributed by atoms with Gasteiger partial charge in [0.15, 0.2) is 11.5 Å². The molecular weight excluding hydrogens is 290 g/mol. The van der Waals surface area contributed by atoms with Crippen molar-refractivity contribution in [2.45, 2.75) is 44.9 Å². The minimum atomic E-state index is -0.336. The van der Waals surface area contributed by atoms with Crippen molar-refractivity contribution in [3.8, 4) is 0 Å². The number of rotatable bonds is 6. The molecule has 2 aromatic heterocycles. The third-order valence-corrected chi connectivity index (χ3v) is 3.99. The molecule has 3 rings (SSSR count). The number of carbonyl (C=O) groups excluding carboxylic acids is 1. The van der Waals surface area contributed by atoms with Crippen molar-refractivity contribution in [3.05, 3.63) is 28.2 Å². The topological polar surface area (TPSA) is 86.5 Å². The SMILES string of the molecule is CCCCc1cc(NC(=O)c2n[nH]c(C3CC3)c2Cl)n[nH]1. The lowest BCUT2D eigenvalue weighted by Crippen LogP contribution is -2.13. The fraction of sp³-hybridized carbons (Fsp3) is 0.500. The van der Waals surface area contributed by atoms with Crippen LogP contribution in [0.25, 0.3) is 0 Å². The number of unbranched alkanes of at least 4 members (excludes halogenated alkanes) is 1. The van der Waals surface area contributed by atoms with E-state index in [0.29, 0.717) is 16.8 Å². The summed E-state index contributed by atoms with van der Waals surface area (Å²) in [5, 5.41) is 17.0. The fourth-order valence-corrected chi connectivity index (χ4v) is 2.56. The summed E-state index contributed by atoms with van der Waals surface area (Å²) >= 11 is 6.21. The van der Waals surface area contributed by atoms with Gasteiger partial charge in [0.2, 0.25) is 0 Å². The van der Waals surface area contributed by atoms with E-state index < -0.39 is 0 Å². The zero-order chi connectivity index (χ0) is 14.8. The minimum Gasteiger partial charge on any atom is -0.304 e. The van der Waals surface area contributed by atoms with Crippen LogP contribution in [0.15, 0.2) is 6.07 Å². The monoisotopic (exact) mass is 307 g/mol. The van der Waals surface area contributed by atoms with E-state index in [4.69, 9.17) is 11.6 Å². The molecule has 1 aliphatic rings. The van der Waals surface area contributed by atoms with Crippen molar-refractivity contribution < 1.29 is 4.79 Å². The van der Waals surface area contributed by atoms with Gasteiger partial charge in [0.05, 0.1) is 10.7 Å². The summed E-state index contributed by atoms with van der Waals surface area (Å²) in [6, 6.07) is 1.84. The number of hydrogen-bond donors (Lipinski definition) is 3. The molecule has 0 spiro atoms.